The van der Waals surface area contributed by atoms with Crippen molar-refractivity contribution >= 4 is 39.8 Å². The standard InChI is InChI=1S/C16H14FN3O3S/c1-9(21)12-8-24-16(18-12)19-15(23)10-6-14(22)20(7-10)13-5-3-2-4-11(13)17/h2-5,8,10H,6-7H2,1H3,(H,18,19,23). The monoisotopic (exact) mass is 347 g/mol. The van der Waals surface area contributed by atoms with Crippen LogP contribution in [-0.2, 0) is 9.59 Å². The second-order valence-electron chi connectivity index (χ2n) is 5.44. The zero-order chi connectivity index (χ0) is 17.3. The average molecular weight is 347 g/mol. The van der Waals surface area contributed by atoms with Crippen LogP contribution in [0.2, 0.25) is 0 Å². The van der Waals surface area contributed by atoms with Crippen molar-refractivity contribution in [3.05, 3.63) is 41.2 Å². The lowest BCUT2D eigenvalue weighted by atomic mass is 10.1. The van der Waals surface area contributed by atoms with Gasteiger partial charge >= 0.3 is 0 Å². The van der Waals surface area contributed by atoms with Gasteiger partial charge in [0.1, 0.15) is 11.5 Å². The van der Waals surface area contributed by atoms with E-state index in [1.54, 1.807) is 17.5 Å². The molecule has 0 saturated carbocycles. The summed E-state index contributed by atoms with van der Waals surface area (Å²) in [5.74, 6) is -1.95. The van der Waals surface area contributed by atoms with Crippen LogP contribution in [0.5, 0.6) is 0 Å². The molecule has 0 bridgehead atoms. The van der Waals surface area contributed by atoms with Crippen LogP contribution in [-0.4, -0.2) is 29.1 Å². The summed E-state index contributed by atoms with van der Waals surface area (Å²) in [5, 5.41) is 4.48. The maximum atomic E-state index is 13.8. The van der Waals surface area contributed by atoms with Crippen molar-refractivity contribution in [2.24, 2.45) is 5.92 Å². The quantitative estimate of drug-likeness (QED) is 0.862. The Balaban J connectivity index is 1.70. The average Bonchev–Trinajstić information content (AvgIpc) is 3.15. The van der Waals surface area contributed by atoms with Crippen LogP contribution < -0.4 is 10.2 Å². The van der Waals surface area contributed by atoms with Gasteiger partial charge in [0.2, 0.25) is 11.8 Å². The molecular formula is C16H14FN3O3S. The SMILES string of the molecule is CC(=O)c1csc(NC(=O)C2CC(=O)N(c3ccccc3F)C2)n1. The molecule has 124 valence electrons. The molecule has 24 heavy (non-hydrogen) atoms. The molecule has 3 rings (SSSR count). The number of carbonyl (C=O) groups excluding carboxylic acids is 3. The highest BCUT2D eigenvalue weighted by Gasteiger charge is 2.36. The van der Waals surface area contributed by atoms with Gasteiger partial charge in [0.05, 0.1) is 11.6 Å². The summed E-state index contributed by atoms with van der Waals surface area (Å²) in [5.41, 5.74) is 0.455. The number of aromatic nitrogens is 1. The van der Waals surface area contributed by atoms with E-state index in [1.165, 1.54) is 24.0 Å². The lowest BCUT2D eigenvalue weighted by molar-refractivity contribution is -0.122. The van der Waals surface area contributed by atoms with E-state index in [0.717, 1.165) is 11.3 Å². The van der Waals surface area contributed by atoms with Crippen molar-refractivity contribution in [3.8, 4) is 0 Å². The third-order valence-electron chi connectivity index (χ3n) is 3.73. The van der Waals surface area contributed by atoms with Gasteiger partial charge in [0.25, 0.3) is 0 Å². The normalized spacial score (nSPS) is 17.2. The van der Waals surface area contributed by atoms with Crippen molar-refractivity contribution in [1.29, 1.82) is 0 Å². The summed E-state index contributed by atoms with van der Waals surface area (Å²) >= 11 is 1.14. The number of hydrogen-bond donors (Lipinski definition) is 1. The van der Waals surface area contributed by atoms with Crippen LogP contribution in [0.4, 0.5) is 15.2 Å². The van der Waals surface area contributed by atoms with E-state index >= 15 is 0 Å². The van der Waals surface area contributed by atoms with Gasteiger partial charge in [0, 0.05) is 25.3 Å². The van der Waals surface area contributed by atoms with E-state index in [0.29, 0.717) is 5.13 Å². The number of Topliss-reactive ketones (excluding diaryl/α,β-unsaturated/α-hetero) is 1. The highest BCUT2D eigenvalue weighted by atomic mass is 32.1. The van der Waals surface area contributed by atoms with Crippen molar-refractivity contribution in [1.82, 2.24) is 4.98 Å². The van der Waals surface area contributed by atoms with Crippen LogP contribution in [0.15, 0.2) is 29.6 Å². The minimum atomic E-state index is -0.596. The number of thiazole rings is 1. The number of amides is 2. The Labute approximate surface area is 141 Å². The highest BCUT2D eigenvalue weighted by Crippen LogP contribution is 2.28. The third kappa shape index (κ3) is 3.18. The number of rotatable bonds is 4. The number of carbonyl (C=O) groups is 3. The van der Waals surface area contributed by atoms with E-state index in [1.807, 2.05) is 0 Å². The largest absolute Gasteiger partial charge is 0.309 e. The molecule has 6 nitrogen and oxygen atoms in total. The molecule has 2 amide bonds. The molecule has 1 aliphatic rings. The molecule has 1 aromatic heterocycles. The lowest BCUT2D eigenvalue weighted by Crippen LogP contribution is -2.28. The molecule has 0 aliphatic carbocycles. The molecule has 2 aromatic rings. The zero-order valence-electron chi connectivity index (χ0n) is 12.8. The molecule has 1 fully saturated rings. The van der Waals surface area contributed by atoms with Gasteiger partial charge in [-0.2, -0.15) is 0 Å². The smallest absolute Gasteiger partial charge is 0.231 e. The Kier molecular flexibility index (Phi) is 4.39. The number of hydrogen-bond acceptors (Lipinski definition) is 5. The maximum Gasteiger partial charge on any atom is 0.231 e. The highest BCUT2D eigenvalue weighted by molar-refractivity contribution is 7.14. The first kappa shape index (κ1) is 16.3. The molecule has 1 aliphatic heterocycles. The molecule has 0 radical (unpaired) electrons. The molecule has 0 spiro atoms. The Morgan fingerprint density at radius 2 is 2.12 bits per heavy atom. The van der Waals surface area contributed by atoms with Crippen molar-refractivity contribution in [3.63, 3.8) is 0 Å². The predicted molar refractivity (Wildman–Crippen MR) is 87.6 cm³/mol. The van der Waals surface area contributed by atoms with Gasteiger partial charge in [0.15, 0.2) is 10.9 Å². The number of ketones is 1. The van der Waals surface area contributed by atoms with Crippen molar-refractivity contribution in [2.45, 2.75) is 13.3 Å². The second kappa shape index (κ2) is 6.48. The van der Waals surface area contributed by atoms with Crippen LogP contribution >= 0.6 is 11.3 Å². The Morgan fingerprint density at radius 3 is 2.79 bits per heavy atom. The number of nitrogens with zero attached hydrogens (tertiary/aromatic N) is 2. The molecule has 2 heterocycles. The summed E-state index contributed by atoms with van der Waals surface area (Å²) in [6, 6.07) is 5.96. The van der Waals surface area contributed by atoms with Gasteiger partial charge in [-0.1, -0.05) is 12.1 Å². The van der Waals surface area contributed by atoms with Crippen LogP contribution in [0.25, 0.3) is 0 Å². The molecular weight excluding hydrogens is 333 g/mol. The first-order chi connectivity index (χ1) is 11.5. The number of anilines is 2. The third-order valence-corrected chi connectivity index (χ3v) is 4.49. The summed E-state index contributed by atoms with van der Waals surface area (Å²) in [6.07, 6.45) is 0.00507. The fourth-order valence-corrected chi connectivity index (χ4v) is 3.24. The van der Waals surface area contributed by atoms with E-state index in [2.05, 4.69) is 10.3 Å². The first-order valence-electron chi connectivity index (χ1n) is 7.28. The van der Waals surface area contributed by atoms with Gasteiger partial charge in [-0.05, 0) is 12.1 Å². The van der Waals surface area contributed by atoms with Crippen molar-refractivity contribution in [2.75, 3.05) is 16.8 Å². The molecule has 8 heteroatoms. The summed E-state index contributed by atoms with van der Waals surface area (Å²) in [7, 11) is 0. The van der Waals surface area contributed by atoms with E-state index in [9.17, 15) is 18.8 Å². The van der Waals surface area contributed by atoms with E-state index < -0.39 is 11.7 Å². The fraction of sp³-hybridized carbons (Fsp3) is 0.250. The van der Waals surface area contributed by atoms with Gasteiger partial charge in [-0.3, -0.25) is 14.4 Å². The molecule has 1 unspecified atom stereocenters. The van der Waals surface area contributed by atoms with Crippen molar-refractivity contribution < 1.29 is 18.8 Å². The number of para-hydroxylation sites is 1. The lowest BCUT2D eigenvalue weighted by Gasteiger charge is -2.17. The first-order valence-corrected chi connectivity index (χ1v) is 8.16. The van der Waals surface area contributed by atoms with Crippen LogP contribution in [0.1, 0.15) is 23.8 Å². The van der Waals surface area contributed by atoms with Crippen LogP contribution in [0.3, 0.4) is 0 Å². The Bertz CT molecular complexity index is 820. The van der Waals surface area contributed by atoms with E-state index in [4.69, 9.17) is 0 Å². The Morgan fingerprint density at radius 1 is 1.38 bits per heavy atom. The molecule has 1 saturated heterocycles. The number of halogens is 1. The predicted octanol–water partition coefficient (Wildman–Crippen LogP) is 2.48. The number of nitrogens with one attached hydrogen (secondary N) is 1. The molecule has 1 N–H and O–H groups in total. The minimum absolute atomic E-state index is 0.00507. The minimum Gasteiger partial charge on any atom is -0.309 e. The van der Waals surface area contributed by atoms with Gasteiger partial charge in [-0.15, -0.1) is 11.3 Å². The Hall–Kier alpha value is -2.61. The van der Waals surface area contributed by atoms with Gasteiger partial charge < -0.3 is 10.2 Å². The van der Waals surface area contributed by atoms with E-state index in [-0.39, 0.29) is 41.9 Å². The van der Waals surface area contributed by atoms with Crippen LogP contribution in [0, 0.1) is 11.7 Å². The fourth-order valence-electron chi connectivity index (χ4n) is 2.49. The number of benzene rings is 1. The molecule has 1 atom stereocenters. The summed E-state index contributed by atoms with van der Waals surface area (Å²) in [6.45, 7) is 1.50. The summed E-state index contributed by atoms with van der Waals surface area (Å²) < 4.78 is 13.8. The molecule has 1 aromatic carbocycles. The van der Waals surface area contributed by atoms with Gasteiger partial charge in [-0.25, -0.2) is 9.37 Å². The second-order valence-corrected chi connectivity index (χ2v) is 6.30. The summed E-state index contributed by atoms with van der Waals surface area (Å²) in [4.78, 5) is 40.9. The topological polar surface area (TPSA) is 79.4 Å². The maximum absolute atomic E-state index is 13.8. The zero-order valence-corrected chi connectivity index (χ0v) is 13.6.